The van der Waals surface area contributed by atoms with Crippen LogP contribution in [0.1, 0.15) is 17.3 Å². The van der Waals surface area contributed by atoms with E-state index < -0.39 is 34.0 Å². The van der Waals surface area contributed by atoms with Crippen molar-refractivity contribution in [2.24, 2.45) is 5.73 Å². The minimum atomic E-state index is -3.82. The van der Waals surface area contributed by atoms with E-state index in [0.29, 0.717) is 0 Å². The van der Waals surface area contributed by atoms with Crippen molar-refractivity contribution in [2.45, 2.75) is 17.9 Å². The average molecular weight is 391 g/mol. The number of nitrogens with two attached hydrogens (primary N) is 1. The van der Waals surface area contributed by atoms with E-state index in [1.807, 2.05) is 0 Å². The summed E-state index contributed by atoms with van der Waals surface area (Å²) in [4.78, 5) is 34.4. The van der Waals surface area contributed by atoms with Gasteiger partial charge >= 0.3 is 12.0 Å². The van der Waals surface area contributed by atoms with Crippen molar-refractivity contribution < 1.29 is 27.5 Å². The molecular formula is C17H17N3O6S. The zero-order valence-electron chi connectivity index (χ0n) is 14.2. The molecule has 0 aliphatic carbocycles. The Morgan fingerprint density at radius 1 is 1.04 bits per heavy atom. The van der Waals surface area contributed by atoms with E-state index >= 15 is 0 Å². The third kappa shape index (κ3) is 5.54. The zero-order valence-corrected chi connectivity index (χ0v) is 15.0. The fourth-order valence-electron chi connectivity index (χ4n) is 2.03. The molecule has 0 aliphatic rings. The Labute approximate surface area is 155 Å². The van der Waals surface area contributed by atoms with E-state index in [0.717, 1.165) is 0 Å². The number of nitrogens with one attached hydrogen (secondary N) is 2. The molecule has 0 fully saturated rings. The Morgan fingerprint density at radius 2 is 1.70 bits per heavy atom. The van der Waals surface area contributed by atoms with Gasteiger partial charge in [-0.1, -0.05) is 24.3 Å². The number of carbonyl (C=O) groups is 3. The molecule has 142 valence electrons. The Hall–Kier alpha value is -3.40. The largest absolute Gasteiger partial charge is 0.449 e. The summed E-state index contributed by atoms with van der Waals surface area (Å²) < 4.78 is 31.9. The summed E-state index contributed by atoms with van der Waals surface area (Å²) >= 11 is 0. The molecule has 0 unspecified atom stereocenters. The minimum Gasteiger partial charge on any atom is -0.449 e. The maximum absolute atomic E-state index is 12.3. The fraction of sp³-hybridized carbons (Fsp3) is 0.118. The topological polar surface area (TPSA) is 145 Å². The number of hydrogen-bond acceptors (Lipinski definition) is 6. The van der Waals surface area contributed by atoms with Crippen molar-refractivity contribution in [3.8, 4) is 0 Å². The molecule has 0 heterocycles. The molecule has 10 heteroatoms. The molecular weight excluding hydrogens is 374 g/mol. The van der Waals surface area contributed by atoms with Gasteiger partial charge in [0, 0.05) is 5.69 Å². The average Bonchev–Trinajstić information content (AvgIpc) is 2.61. The molecule has 1 atom stereocenters. The van der Waals surface area contributed by atoms with Gasteiger partial charge in [0.15, 0.2) is 6.10 Å². The molecule has 0 saturated heterocycles. The third-order valence-electron chi connectivity index (χ3n) is 3.30. The van der Waals surface area contributed by atoms with E-state index in [4.69, 9.17) is 10.5 Å². The van der Waals surface area contributed by atoms with Gasteiger partial charge in [-0.05, 0) is 37.3 Å². The zero-order chi connectivity index (χ0) is 20.0. The highest BCUT2D eigenvalue weighted by atomic mass is 32.2. The first-order chi connectivity index (χ1) is 12.7. The molecule has 2 aromatic rings. The summed E-state index contributed by atoms with van der Waals surface area (Å²) in [5.74, 6) is -1.75. The number of amides is 3. The van der Waals surface area contributed by atoms with E-state index in [2.05, 4.69) is 4.72 Å². The lowest BCUT2D eigenvalue weighted by molar-refractivity contribution is -0.127. The van der Waals surface area contributed by atoms with Crippen LogP contribution in [-0.4, -0.2) is 32.4 Å². The summed E-state index contributed by atoms with van der Waals surface area (Å²) in [5.41, 5.74) is 4.98. The molecule has 0 bridgehead atoms. The second kappa shape index (κ2) is 8.32. The van der Waals surface area contributed by atoms with Crippen molar-refractivity contribution in [2.75, 3.05) is 4.72 Å². The number of anilines is 1. The standard InChI is InChI=1S/C17H17N3O6S/c1-11(15(21)19-17(18)23)26-16(22)12-6-5-7-13(10-12)20-27(24,25)14-8-3-2-4-9-14/h2-11,20H,1H3,(H3,18,19,21,23)/t11-/m0/s1. The summed E-state index contributed by atoms with van der Waals surface area (Å²) in [6.45, 7) is 1.26. The molecule has 9 nitrogen and oxygen atoms in total. The van der Waals surface area contributed by atoms with Crippen molar-refractivity contribution >= 4 is 33.6 Å². The van der Waals surface area contributed by atoms with Gasteiger partial charge in [0.1, 0.15) is 0 Å². The van der Waals surface area contributed by atoms with Crippen LogP contribution in [0.3, 0.4) is 0 Å². The van der Waals surface area contributed by atoms with Gasteiger partial charge in [-0.3, -0.25) is 14.8 Å². The Balaban J connectivity index is 2.12. The molecule has 0 radical (unpaired) electrons. The van der Waals surface area contributed by atoms with Crippen LogP contribution in [-0.2, 0) is 19.6 Å². The smallest absolute Gasteiger partial charge is 0.338 e. The van der Waals surface area contributed by atoms with Crippen LogP contribution in [0.15, 0.2) is 59.5 Å². The minimum absolute atomic E-state index is 0.0157. The first kappa shape index (κ1) is 19.9. The molecule has 0 aromatic heterocycles. The van der Waals surface area contributed by atoms with Crippen molar-refractivity contribution in [1.29, 1.82) is 0 Å². The van der Waals surface area contributed by atoms with Gasteiger partial charge in [0.05, 0.1) is 10.5 Å². The lowest BCUT2D eigenvalue weighted by Gasteiger charge is -2.13. The second-order valence-corrected chi connectivity index (χ2v) is 7.08. The molecule has 2 aromatic carbocycles. The van der Waals surface area contributed by atoms with E-state index in [1.165, 1.54) is 43.3 Å². The number of hydrogen-bond donors (Lipinski definition) is 3. The Morgan fingerprint density at radius 3 is 2.33 bits per heavy atom. The summed E-state index contributed by atoms with van der Waals surface area (Å²) in [6.07, 6.45) is -1.27. The third-order valence-corrected chi connectivity index (χ3v) is 4.70. The monoisotopic (exact) mass is 391 g/mol. The van der Waals surface area contributed by atoms with Crippen LogP contribution < -0.4 is 15.8 Å². The molecule has 3 amide bonds. The lowest BCUT2D eigenvalue weighted by atomic mass is 10.2. The first-order valence-corrected chi connectivity index (χ1v) is 9.16. The molecule has 4 N–H and O–H groups in total. The number of benzene rings is 2. The molecule has 27 heavy (non-hydrogen) atoms. The van der Waals surface area contributed by atoms with Crippen LogP contribution in [0.5, 0.6) is 0 Å². The molecule has 0 spiro atoms. The van der Waals surface area contributed by atoms with Crippen LogP contribution in [0.2, 0.25) is 0 Å². The molecule has 0 aliphatic heterocycles. The van der Waals surface area contributed by atoms with Crippen molar-refractivity contribution in [1.82, 2.24) is 5.32 Å². The number of rotatable bonds is 6. The predicted octanol–water partition coefficient (Wildman–Crippen LogP) is 1.23. The van der Waals surface area contributed by atoms with Gasteiger partial charge in [0.25, 0.3) is 15.9 Å². The van der Waals surface area contributed by atoms with Crippen molar-refractivity contribution in [3.05, 3.63) is 60.2 Å². The number of carbonyl (C=O) groups excluding carboxylic acids is 3. The van der Waals surface area contributed by atoms with Crippen LogP contribution >= 0.6 is 0 Å². The number of urea groups is 1. The Kier molecular flexibility index (Phi) is 6.14. The quantitative estimate of drug-likeness (QED) is 0.632. The van der Waals surface area contributed by atoms with Gasteiger partial charge in [-0.15, -0.1) is 0 Å². The van der Waals surface area contributed by atoms with Crippen LogP contribution in [0, 0.1) is 0 Å². The van der Waals surface area contributed by atoms with Crippen LogP contribution in [0.25, 0.3) is 0 Å². The maximum atomic E-state index is 12.3. The highest BCUT2D eigenvalue weighted by Crippen LogP contribution is 2.18. The first-order valence-electron chi connectivity index (χ1n) is 7.68. The Bertz CT molecular complexity index is 960. The van der Waals surface area contributed by atoms with Crippen molar-refractivity contribution in [3.63, 3.8) is 0 Å². The highest BCUT2D eigenvalue weighted by Gasteiger charge is 2.21. The summed E-state index contributed by atoms with van der Waals surface area (Å²) in [6, 6.07) is 12.2. The maximum Gasteiger partial charge on any atom is 0.338 e. The predicted molar refractivity (Wildman–Crippen MR) is 96.3 cm³/mol. The fourth-order valence-corrected chi connectivity index (χ4v) is 3.10. The number of primary amides is 1. The van der Waals surface area contributed by atoms with E-state index in [9.17, 15) is 22.8 Å². The van der Waals surface area contributed by atoms with Crippen LogP contribution in [0.4, 0.5) is 10.5 Å². The SMILES string of the molecule is C[C@H](OC(=O)c1cccc(NS(=O)(=O)c2ccccc2)c1)C(=O)NC(N)=O. The van der Waals surface area contributed by atoms with E-state index in [1.54, 1.807) is 23.5 Å². The van der Waals surface area contributed by atoms with Gasteiger partial charge in [0.2, 0.25) is 0 Å². The van der Waals surface area contributed by atoms with Gasteiger partial charge in [-0.25, -0.2) is 18.0 Å². The summed E-state index contributed by atoms with van der Waals surface area (Å²) in [5, 5.41) is 1.79. The lowest BCUT2D eigenvalue weighted by Crippen LogP contribution is -2.42. The normalized spacial score (nSPS) is 11.9. The second-order valence-electron chi connectivity index (χ2n) is 5.40. The molecule has 0 saturated carbocycles. The number of ether oxygens (including phenoxy) is 1. The van der Waals surface area contributed by atoms with E-state index in [-0.39, 0.29) is 16.1 Å². The van der Waals surface area contributed by atoms with Gasteiger partial charge < -0.3 is 10.5 Å². The number of imide groups is 1. The molecule has 2 rings (SSSR count). The highest BCUT2D eigenvalue weighted by molar-refractivity contribution is 7.92. The number of esters is 1. The number of sulfonamides is 1. The summed E-state index contributed by atoms with van der Waals surface area (Å²) in [7, 11) is -3.82. The van der Waals surface area contributed by atoms with Gasteiger partial charge in [-0.2, -0.15) is 0 Å².